The van der Waals surface area contributed by atoms with E-state index in [0.29, 0.717) is 0 Å². The van der Waals surface area contributed by atoms with Crippen LogP contribution in [0.25, 0.3) is 166 Å². The maximum atomic E-state index is 2.43. The number of fused-ring (bicyclic) bond motifs is 2. The first-order chi connectivity index (χ1) is 58.5. The molecule has 0 saturated carbocycles. The van der Waals surface area contributed by atoms with Gasteiger partial charge in [0.25, 0.3) is 0 Å². The summed E-state index contributed by atoms with van der Waals surface area (Å²) in [5.74, 6) is 0. The molecule has 0 spiro atoms. The Labute approximate surface area is 690 Å². The van der Waals surface area contributed by atoms with Gasteiger partial charge in [-0.05, 0) is 258 Å². The number of anilines is 6. The van der Waals surface area contributed by atoms with Crippen molar-refractivity contribution in [1.29, 1.82) is 0 Å². The fourth-order valence-electron chi connectivity index (χ4n) is 16.9. The lowest BCUT2D eigenvalue weighted by Crippen LogP contribution is -2.11. The SMILES string of the molecule is c1ccc(-c2ccc(N(c3ccc(-c4ccc5cc(-c6ccc(-c7ccc(N(c8ccc(-c9ccc%10ccccc%10c9)cc8)c8ccc(-c9ccc(-c%10ccccc%10)cc9-c9ccccc9)cc8-c8ccccc8)cc7)cc6)ccc5c4)cc3)c3ccc(-c4ccc(-c5ccccc5)c(-c5ccccc5)c4)cc3-c3ccccc3)cc2)cc1. The Morgan fingerprint density at radius 2 is 0.297 bits per heavy atom. The molecule has 20 aromatic rings. The molecule has 0 unspecified atom stereocenters. The molecule has 20 rings (SSSR count). The molecule has 118 heavy (non-hydrogen) atoms. The van der Waals surface area contributed by atoms with Crippen LogP contribution in [-0.2, 0) is 0 Å². The molecule has 0 N–H and O–H groups in total. The van der Waals surface area contributed by atoms with Crippen LogP contribution in [0, 0.1) is 0 Å². The van der Waals surface area contributed by atoms with Gasteiger partial charge in [0.15, 0.2) is 0 Å². The molecule has 20 aromatic carbocycles. The zero-order valence-electron chi connectivity index (χ0n) is 65.1. The van der Waals surface area contributed by atoms with Gasteiger partial charge >= 0.3 is 0 Å². The van der Waals surface area contributed by atoms with E-state index in [0.717, 1.165) is 95.3 Å². The second-order valence-electron chi connectivity index (χ2n) is 30.3. The minimum absolute atomic E-state index is 1.06. The molecule has 0 saturated heterocycles. The van der Waals surface area contributed by atoms with Gasteiger partial charge in [0.1, 0.15) is 0 Å². The van der Waals surface area contributed by atoms with E-state index in [-0.39, 0.29) is 0 Å². The van der Waals surface area contributed by atoms with Gasteiger partial charge in [-0.2, -0.15) is 0 Å². The summed E-state index contributed by atoms with van der Waals surface area (Å²) < 4.78 is 0. The lowest BCUT2D eigenvalue weighted by Gasteiger charge is -2.29. The average molecular weight is 1500 g/mol. The number of nitrogens with zero attached hydrogens (tertiary/aromatic N) is 2. The van der Waals surface area contributed by atoms with Gasteiger partial charge in [0.2, 0.25) is 0 Å². The van der Waals surface area contributed by atoms with Crippen molar-refractivity contribution in [3.05, 3.63) is 485 Å². The Morgan fingerprint density at radius 1 is 0.102 bits per heavy atom. The van der Waals surface area contributed by atoms with E-state index in [1.165, 1.54) is 105 Å². The number of hydrogen-bond donors (Lipinski definition) is 0. The summed E-state index contributed by atoms with van der Waals surface area (Å²) in [6.45, 7) is 0. The van der Waals surface area contributed by atoms with E-state index in [1.54, 1.807) is 0 Å². The summed E-state index contributed by atoms with van der Waals surface area (Å²) in [7, 11) is 0. The zero-order chi connectivity index (χ0) is 78.5. The average Bonchev–Trinajstić information content (AvgIpc) is 0.768. The summed E-state index contributed by atoms with van der Waals surface area (Å²) in [5, 5.41) is 4.84. The summed E-state index contributed by atoms with van der Waals surface area (Å²) >= 11 is 0. The molecule has 0 heterocycles. The van der Waals surface area contributed by atoms with Gasteiger partial charge in [-0.25, -0.2) is 0 Å². The quantitative estimate of drug-likeness (QED) is 0.0796. The van der Waals surface area contributed by atoms with Crippen molar-refractivity contribution < 1.29 is 0 Å². The van der Waals surface area contributed by atoms with Crippen molar-refractivity contribution in [1.82, 2.24) is 0 Å². The highest BCUT2D eigenvalue weighted by Gasteiger charge is 2.24. The van der Waals surface area contributed by atoms with Crippen LogP contribution < -0.4 is 9.80 Å². The summed E-state index contributed by atoms with van der Waals surface area (Å²) in [6.07, 6.45) is 0. The Bertz CT molecular complexity index is 6940. The molecular formula is C116H80N2. The first kappa shape index (κ1) is 71.6. The normalized spacial score (nSPS) is 11.2. The van der Waals surface area contributed by atoms with Gasteiger partial charge in [-0.15, -0.1) is 0 Å². The molecule has 554 valence electrons. The molecule has 0 aliphatic carbocycles. The summed E-state index contributed by atoms with van der Waals surface area (Å²) in [5.41, 5.74) is 36.7. The number of rotatable bonds is 19. The number of benzene rings is 20. The molecule has 2 heteroatoms. The van der Waals surface area contributed by atoms with Gasteiger partial charge < -0.3 is 9.80 Å². The van der Waals surface area contributed by atoms with Crippen LogP contribution in [-0.4, -0.2) is 0 Å². The van der Waals surface area contributed by atoms with Crippen LogP contribution in [0.2, 0.25) is 0 Å². The van der Waals surface area contributed by atoms with Gasteiger partial charge in [0.05, 0.1) is 11.4 Å². The predicted octanol–water partition coefficient (Wildman–Crippen LogP) is 32.6. The molecule has 0 aliphatic rings. The van der Waals surface area contributed by atoms with Crippen LogP contribution >= 0.6 is 0 Å². The molecule has 2 nitrogen and oxygen atoms in total. The van der Waals surface area contributed by atoms with Gasteiger partial charge in [0, 0.05) is 33.9 Å². The standard InChI is InChI=1S/C116H80N2/c1-8-24-81(25-9-1)85-50-62-105(63-51-85)117(115-72-60-103(79-113(115)93-35-18-6-19-36-93)102-59-70-109(90-29-12-3-13-30-90)111(78-102)91-31-14-4-15-32-91)107-68-56-89(57-69-107)98-47-49-99-75-97(46-48-100(99)76-98)87-42-40-84(41-43-87)86-52-64-106(65-53-86)118(108-66-54-88(55-67-108)96-45-44-83-28-22-23-39-95(83)74-96)116-73-61-104(80-114(116)94-37-20-7-21-38-94)110-71-58-101(82-26-10-2-11-27-82)77-112(110)92-33-16-5-17-34-92/h1-80H. The monoisotopic (exact) mass is 1500 g/mol. The molecule has 0 fully saturated rings. The molecule has 0 aromatic heterocycles. The van der Waals surface area contributed by atoms with Crippen molar-refractivity contribution >= 4 is 55.7 Å². The van der Waals surface area contributed by atoms with Crippen LogP contribution in [0.15, 0.2) is 485 Å². The van der Waals surface area contributed by atoms with Crippen LogP contribution in [0.3, 0.4) is 0 Å². The third kappa shape index (κ3) is 14.7. The van der Waals surface area contributed by atoms with E-state index in [4.69, 9.17) is 0 Å². The topological polar surface area (TPSA) is 6.48 Å². The Morgan fingerprint density at radius 3 is 0.661 bits per heavy atom. The van der Waals surface area contributed by atoms with E-state index >= 15 is 0 Å². The van der Waals surface area contributed by atoms with Gasteiger partial charge in [-0.3, -0.25) is 0 Å². The highest BCUT2D eigenvalue weighted by molar-refractivity contribution is 5.98. The maximum Gasteiger partial charge on any atom is 0.0540 e. The predicted molar refractivity (Wildman–Crippen MR) is 501 cm³/mol. The first-order valence-electron chi connectivity index (χ1n) is 40.6. The fourth-order valence-corrected chi connectivity index (χ4v) is 16.9. The van der Waals surface area contributed by atoms with E-state index < -0.39 is 0 Å². The molecule has 0 amide bonds. The lowest BCUT2D eigenvalue weighted by atomic mass is 9.89. The Balaban J connectivity index is 0.600. The Kier molecular flexibility index (Phi) is 19.5. The molecule has 0 atom stereocenters. The molecule has 0 radical (unpaired) electrons. The Hall–Kier alpha value is -15.5. The van der Waals surface area contributed by atoms with Crippen LogP contribution in [0.5, 0.6) is 0 Å². The van der Waals surface area contributed by atoms with Crippen LogP contribution in [0.1, 0.15) is 0 Å². The fraction of sp³-hybridized carbons (Fsp3) is 0. The maximum absolute atomic E-state index is 2.43. The van der Waals surface area contributed by atoms with Crippen molar-refractivity contribution in [2.75, 3.05) is 9.80 Å². The second kappa shape index (κ2) is 32.2. The second-order valence-corrected chi connectivity index (χ2v) is 30.3. The van der Waals surface area contributed by atoms with E-state index in [9.17, 15) is 0 Å². The van der Waals surface area contributed by atoms with Gasteiger partial charge in [-0.1, -0.05) is 382 Å². The highest BCUT2D eigenvalue weighted by Crippen LogP contribution is 2.49. The third-order valence-corrected chi connectivity index (χ3v) is 23.1. The minimum Gasteiger partial charge on any atom is -0.310 e. The molecular weight excluding hydrogens is 1420 g/mol. The summed E-state index contributed by atoms with van der Waals surface area (Å²) in [6, 6.07) is 178. The zero-order valence-corrected chi connectivity index (χ0v) is 65.1. The van der Waals surface area contributed by atoms with E-state index in [1.807, 2.05) is 0 Å². The lowest BCUT2D eigenvalue weighted by molar-refractivity contribution is 1.28. The molecule has 0 aliphatic heterocycles. The molecule has 0 bridgehead atoms. The smallest absolute Gasteiger partial charge is 0.0540 e. The largest absolute Gasteiger partial charge is 0.310 e. The third-order valence-electron chi connectivity index (χ3n) is 23.1. The van der Waals surface area contributed by atoms with Crippen LogP contribution in [0.4, 0.5) is 34.1 Å². The van der Waals surface area contributed by atoms with Crippen molar-refractivity contribution in [3.63, 3.8) is 0 Å². The van der Waals surface area contributed by atoms with Crippen molar-refractivity contribution in [3.8, 4) is 145 Å². The van der Waals surface area contributed by atoms with E-state index in [2.05, 4.69) is 495 Å². The highest BCUT2D eigenvalue weighted by atomic mass is 15.2. The minimum atomic E-state index is 1.06. The first-order valence-corrected chi connectivity index (χ1v) is 40.6. The van der Waals surface area contributed by atoms with Crippen molar-refractivity contribution in [2.24, 2.45) is 0 Å². The summed E-state index contributed by atoms with van der Waals surface area (Å²) in [4.78, 5) is 4.84. The van der Waals surface area contributed by atoms with Crippen molar-refractivity contribution in [2.45, 2.75) is 0 Å². The number of hydrogen-bond acceptors (Lipinski definition) is 2.